The fraction of sp³-hybridized carbons (Fsp3) is 0.952. The first-order valence-corrected chi connectivity index (χ1v) is 11.7. The zero-order valence-corrected chi connectivity index (χ0v) is 18.2. The van der Waals surface area contributed by atoms with Gasteiger partial charge in [-0.25, -0.2) is 0 Å². The molecule has 0 aliphatic rings. The maximum atomic E-state index is 8.72. The molecule has 25 heavy (non-hydrogen) atoms. The second kappa shape index (κ2) is 22.2. The second-order valence-electron chi connectivity index (χ2n) is 7.32. The molecule has 0 amide bonds. The zero-order chi connectivity index (χ0) is 18.4. The van der Waals surface area contributed by atoms with Crippen LogP contribution >= 0.6 is 24.8 Å². The summed E-state index contributed by atoms with van der Waals surface area (Å²) in [7, 11) is 0. The molecule has 0 rings (SSSR count). The molecule has 4 heteroatoms. The summed E-state index contributed by atoms with van der Waals surface area (Å²) in [5.74, 6) is 0. The van der Waals surface area contributed by atoms with Crippen molar-refractivity contribution in [2.75, 3.05) is 13.2 Å². The summed E-state index contributed by atoms with van der Waals surface area (Å²) in [4.78, 5) is 0. The van der Waals surface area contributed by atoms with Crippen LogP contribution in [0.3, 0.4) is 0 Å². The third kappa shape index (κ3) is 24.2. The summed E-state index contributed by atoms with van der Waals surface area (Å²) in [6, 6.07) is 0. The van der Waals surface area contributed by atoms with E-state index in [1.807, 2.05) is 0 Å². The van der Waals surface area contributed by atoms with E-state index in [0.717, 1.165) is 13.0 Å². The van der Waals surface area contributed by atoms with Crippen LogP contribution in [-0.4, -0.2) is 22.6 Å². The predicted molar refractivity (Wildman–Crippen MR) is 120 cm³/mol. The lowest BCUT2D eigenvalue weighted by Crippen LogP contribution is -2.17. The smallest absolute Gasteiger partial charge is 0.130 e. The quantitative estimate of drug-likeness (QED) is 0.121. The number of hydrogen-bond acceptors (Lipinski definition) is 2. The maximum Gasteiger partial charge on any atom is 0.130 e. The van der Waals surface area contributed by atoms with Gasteiger partial charge in [0, 0.05) is 13.2 Å². The molecule has 0 fully saturated rings. The Morgan fingerprint density at radius 3 is 1.12 bits per heavy atom. The van der Waals surface area contributed by atoms with E-state index in [2.05, 4.69) is 17.9 Å². The lowest BCUT2D eigenvalue weighted by atomic mass is 10.0. The highest BCUT2D eigenvalue weighted by Crippen LogP contribution is 2.14. The summed E-state index contributed by atoms with van der Waals surface area (Å²) < 4.78 is 0.620. The van der Waals surface area contributed by atoms with Gasteiger partial charge < -0.3 is 10.4 Å². The highest BCUT2D eigenvalue weighted by atomic mass is 32.1. The van der Waals surface area contributed by atoms with Crippen LogP contribution in [0.1, 0.15) is 116 Å². The number of aliphatic hydroxyl groups is 1. The van der Waals surface area contributed by atoms with Crippen molar-refractivity contribution < 1.29 is 5.11 Å². The number of thiol groups is 1. The molecule has 2 N–H and O–H groups in total. The summed E-state index contributed by atoms with van der Waals surface area (Å²) in [5, 5.41) is 11.8. The summed E-state index contributed by atoms with van der Waals surface area (Å²) in [6.07, 6.45) is 24.4. The lowest BCUT2D eigenvalue weighted by Gasteiger charge is -2.04. The molecule has 150 valence electrons. The van der Waals surface area contributed by atoms with Crippen LogP contribution in [0.25, 0.3) is 0 Å². The van der Waals surface area contributed by atoms with E-state index in [4.69, 9.17) is 17.3 Å². The number of unbranched alkanes of at least 4 members (excludes halogenated alkanes) is 17. The largest absolute Gasteiger partial charge is 0.396 e. The first-order valence-electron chi connectivity index (χ1n) is 10.8. The van der Waals surface area contributed by atoms with Crippen LogP contribution in [0.15, 0.2) is 0 Å². The molecule has 0 saturated heterocycles. The number of rotatable bonds is 20. The summed E-state index contributed by atoms with van der Waals surface area (Å²) in [5.41, 5.74) is 0. The highest BCUT2D eigenvalue weighted by Gasteiger charge is 1.95. The van der Waals surface area contributed by atoms with Gasteiger partial charge in [0.1, 0.15) is 4.32 Å². The topological polar surface area (TPSA) is 32.3 Å². The molecule has 0 aromatic rings. The van der Waals surface area contributed by atoms with Gasteiger partial charge >= 0.3 is 0 Å². The summed E-state index contributed by atoms with van der Waals surface area (Å²) in [6.45, 7) is 1.34. The van der Waals surface area contributed by atoms with Crippen molar-refractivity contribution >= 4 is 29.2 Å². The van der Waals surface area contributed by atoms with Gasteiger partial charge in [0.2, 0.25) is 0 Å². The summed E-state index contributed by atoms with van der Waals surface area (Å²) >= 11 is 8.92. The molecule has 0 atom stereocenters. The Hall–Kier alpha value is 0.200. The van der Waals surface area contributed by atoms with E-state index in [0.29, 0.717) is 10.9 Å². The van der Waals surface area contributed by atoms with E-state index in [-0.39, 0.29) is 0 Å². The van der Waals surface area contributed by atoms with E-state index < -0.39 is 0 Å². The Balaban J connectivity index is 2.97. The molecule has 0 aliphatic carbocycles. The van der Waals surface area contributed by atoms with Crippen LogP contribution < -0.4 is 5.32 Å². The molecule has 0 unspecified atom stereocenters. The molecular weight excluding hydrogens is 346 g/mol. The van der Waals surface area contributed by atoms with Gasteiger partial charge in [-0.1, -0.05) is 115 Å². The fourth-order valence-electron chi connectivity index (χ4n) is 3.26. The lowest BCUT2D eigenvalue weighted by molar-refractivity contribution is 0.282. The third-order valence-corrected chi connectivity index (χ3v) is 5.16. The number of nitrogens with one attached hydrogen (secondary N) is 1. The highest BCUT2D eigenvalue weighted by molar-refractivity contribution is 8.11. The number of hydrogen-bond donors (Lipinski definition) is 3. The SMILES string of the molecule is OCCCCCCCCCCCCCCCCCCCCNC(=S)S. The molecule has 0 aromatic heterocycles. The Kier molecular flexibility index (Phi) is 22.4. The normalized spacial score (nSPS) is 11.0. The monoisotopic (exact) mass is 389 g/mol. The van der Waals surface area contributed by atoms with Crippen molar-refractivity contribution in [1.29, 1.82) is 0 Å². The van der Waals surface area contributed by atoms with Crippen molar-refractivity contribution in [3.63, 3.8) is 0 Å². The first kappa shape index (κ1) is 25.2. The van der Waals surface area contributed by atoms with E-state index in [9.17, 15) is 0 Å². The minimum atomic E-state index is 0.365. The Morgan fingerprint density at radius 1 is 0.560 bits per heavy atom. The number of thiocarbonyl (C=S) groups is 1. The predicted octanol–water partition coefficient (Wildman–Crippen LogP) is 6.80. The van der Waals surface area contributed by atoms with Crippen LogP contribution in [0.4, 0.5) is 0 Å². The third-order valence-electron chi connectivity index (χ3n) is 4.86. The molecule has 0 aliphatic heterocycles. The van der Waals surface area contributed by atoms with Gasteiger partial charge in [-0.3, -0.25) is 0 Å². The molecular formula is C21H43NOS2. The Labute approximate surface area is 168 Å². The van der Waals surface area contributed by atoms with Gasteiger partial charge in [0.05, 0.1) is 0 Å². The van der Waals surface area contributed by atoms with Crippen LogP contribution in [0, 0.1) is 0 Å². The molecule has 0 spiro atoms. The average molecular weight is 390 g/mol. The van der Waals surface area contributed by atoms with Crippen LogP contribution in [0.5, 0.6) is 0 Å². The van der Waals surface area contributed by atoms with Crippen molar-refractivity contribution in [2.45, 2.75) is 116 Å². The minimum Gasteiger partial charge on any atom is -0.396 e. The van der Waals surface area contributed by atoms with E-state index in [1.165, 1.54) is 109 Å². The van der Waals surface area contributed by atoms with Gasteiger partial charge in [0.15, 0.2) is 0 Å². The standard InChI is InChI=1S/C21H43NOS2/c23-20-18-16-14-12-10-8-6-4-2-1-3-5-7-9-11-13-15-17-19-22-21(24)25/h23H,1-20H2,(H2,22,24,25). The van der Waals surface area contributed by atoms with Gasteiger partial charge in [-0.2, -0.15) is 0 Å². The Bertz CT molecular complexity index is 275. The van der Waals surface area contributed by atoms with Crippen molar-refractivity contribution in [3.8, 4) is 0 Å². The average Bonchev–Trinajstić information content (AvgIpc) is 2.60. The van der Waals surface area contributed by atoms with Crippen LogP contribution in [0.2, 0.25) is 0 Å². The van der Waals surface area contributed by atoms with E-state index in [1.54, 1.807) is 0 Å². The molecule has 0 saturated carbocycles. The minimum absolute atomic E-state index is 0.365. The fourth-order valence-corrected chi connectivity index (χ4v) is 3.47. The maximum absolute atomic E-state index is 8.72. The zero-order valence-electron chi connectivity index (χ0n) is 16.4. The van der Waals surface area contributed by atoms with Crippen molar-refractivity contribution in [2.24, 2.45) is 0 Å². The molecule has 0 heterocycles. The van der Waals surface area contributed by atoms with Crippen molar-refractivity contribution in [3.05, 3.63) is 0 Å². The molecule has 0 bridgehead atoms. The second-order valence-corrected chi connectivity index (χ2v) is 8.48. The van der Waals surface area contributed by atoms with Gasteiger partial charge in [-0.05, 0) is 12.8 Å². The van der Waals surface area contributed by atoms with Gasteiger partial charge in [0.25, 0.3) is 0 Å². The Morgan fingerprint density at radius 2 is 0.840 bits per heavy atom. The number of aliphatic hydroxyl groups excluding tert-OH is 1. The first-order chi connectivity index (χ1) is 12.3. The van der Waals surface area contributed by atoms with Crippen LogP contribution in [-0.2, 0) is 0 Å². The molecule has 2 nitrogen and oxygen atoms in total. The molecule has 0 radical (unpaired) electrons. The molecule has 0 aromatic carbocycles. The van der Waals surface area contributed by atoms with Crippen molar-refractivity contribution in [1.82, 2.24) is 5.32 Å². The van der Waals surface area contributed by atoms with E-state index >= 15 is 0 Å². The van der Waals surface area contributed by atoms with Gasteiger partial charge in [-0.15, -0.1) is 12.6 Å².